The van der Waals surface area contributed by atoms with E-state index in [1.807, 2.05) is 0 Å². The number of para-hydroxylation sites is 1. The Balaban J connectivity index is 1.53. The lowest BCUT2D eigenvalue weighted by atomic mass is 9.64. The quantitative estimate of drug-likeness (QED) is 0.152. The lowest BCUT2D eigenvalue weighted by molar-refractivity contribution is -1.02. The molecule has 6 aromatic rings. The molecule has 186 valence electrons. The molecule has 10 rings (SSSR count). The summed E-state index contributed by atoms with van der Waals surface area (Å²) >= 11 is 0. The first-order chi connectivity index (χ1) is 19.7. The highest BCUT2D eigenvalue weighted by Gasteiger charge is 2.75. The van der Waals surface area contributed by atoms with Crippen LogP contribution in [0.2, 0.25) is 0 Å². The SMILES string of the molecule is Cc1cc2c3c(c1)C1(c4ccccc4-c4ccccc41)c1cccc4c1[N+]3([n+]1ccccc1-4)[n+]1ccc(C)cc1-2. The van der Waals surface area contributed by atoms with E-state index in [1.165, 1.54) is 78.4 Å². The van der Waals surface area contributed by atoms with Crippen LogP contribution in [0.5, 0.6) is 0 Å². The standard InChI is InChI=1S/C37H26N3/c1-23-17-19-39-34(22-23)28-20-24(2)21-32-36(28)40(39)35-27(33-16-7-8-18-38(33)40)12-9-15-31(35)37(32)29-13-5-3-10-25(29)26-11-4-6-14-30(26)37/h3-22H,1-2H3/q+3. The first-order valence-electron chi connectivity index (χ1n) is 14.1. The van der Waals surface area contributed by atoms with Gasteiger partial charge in [-0.15, -0.1) is 0 Å². The molecule has 1 unspecified atom stereocenters. The highest BCUT2D eigenvalue weighted by Crippen LogP contribution is 2.67. The molecule has 3 nitrogen and oxygen atoms in total. The zero-order valence-corrected chi connectivity index (χ0v) is 22.4. The van der Waals surface area contributed by atoms with Crippen LogP contribution in [-0.2, 0) is 5.41 Å². The second-order valence-electron chi connectivity index (χ2n) is 11.7. The Morgan fingerprint density at radius 2 is 1.12 bits per heavy atom. The van der Waals surface area contributed by atoms with Crippen molar-refractivity contribution in [2.45, 2.75) is 19.3 Å². The number of hydrogen-bond acceptors (Lipinski definition) is 0. The second kappa shape index (κ2) is 6.64. The molecular weight excluding hydrogens is 486 g/mol. The van der Waals surface area contributed by atoms with E-state index >= 15 is 0 Å². The van der Waals surface area contributed by atoms with Gasteiger partial charge >= 0.3 is 0 Å². The molecule has 0 amide bonds. The van der Waals surface area contributed by atoms with Crippen molar-refractivity contribution >= 4 is 11.4 Å². The smallest absolute Gasteiger partial charge is 0.0619 e. The van der Waals surface area contributed by atoms with Gasteiger partial charge in [0, 0.05) is 35.4 Å². The third kappa shape index (κ3) is 1.99. The molecule has 5 heterocycles. The number of aromatic nitrogens is 2. The summed E-state index contributed by atoms with van der Waals surface area (Å²) in [6, 6.07) is 41.3. The van der Waals surface area contributed by atoms with Crippen molar-refractivity contribution in [3.8, 4) is 33.6 Å². The Kier molecular flexibility index (Phi) is 3.49. The molecule has 2 aromatic heterocycles. The molecule has 40 heavy (non-hydrogen) atoms. The first-order valence-corrected chi connectivity index (χ1v) is 14.1. The van der Waals surface area contributed by atoms with Crippen LogP contribution in [0.1, 0.15) is 33.4 Å². The minimum absolute atomic E-state index is 0.406. The maximum Gasteiger partial charge on any atom is 0.286 e. The molecule has 0 saturated carbocycles. The fourth-order valence-electron chi connectivity index (χ4n) is 8.54. The minimum atomic E-state index is -0.406. The maximum absolute atomic E-state index is 2.50. The molecule has 4 aromatic carbocycles. The van der Waals surface area contributed by atoms with E-state index in [0.717, 1.165) is 0 Å². The highest BCUT2D eigenvalue weighted by atomic mass is 15.9. The van der Waals surface area contributed by atoms with E-state index in [0.29, 0.717) is 4.70 Å². The molecule has 1 atom stereocenters. The lowest BCUT2D eigenvalue weighted by Gasteiger charge is -2.38. The molecule has 3 heteroatoms. The third-order valence-corrected chi connectivity index (χ3v) is 9.78. The van der Waals surface area contributed by atoms with Gasteiger partial charge in [-0.2, -0.15) is 0 Å². The summed E-state index contributed by atoms with van der Waals surface area (Å²) in [5, 5.41) is 0. The monoisotopic (exact) mass is 512 g/mol. The molecule has 2 spiro atoms. The Hall–Kier alpha value is -4.86. The van der Waals surface area contributed by atoms with Crippen LogP contribution < -0.4 is 14.1 Å². The zero-order chi connectivity index (χ0) is 26.4. The van der Waals surface area contributed by atoms with Crippen molar-refractivity contribution in [2.24, 2.45) is 0 Å². The predicted molar refractivity (Wildman–Crippen MR) is 157 cm³/mol. The average Bonchev–Trinajstić information content (AvgIpc) is 3.56. The van der Waals surface area contributed by atoms with Crippen LogP contribution in [0.4, 0.5) is 11.4 Å². The summed E-state index contributed by atoms with van der Waals surface area (Å²) < 4.78 is 5.50. The number of benzene rings is 4. The predicted octanol–water partition coefficient (Wildman–Crippen LogP) is 7.08. The summed E-state index contributed by atoms with van der Waals surface area (Å²) in [4.78, 5) is 0. The van der Waals surface area contributed by atoms with Gasteiger partial charge in [0.05, 0.1) is 14.8 Å². The highest BCUT2D eigenvalue weighted by molar-refractivity contribution is 5.98. The molecule has 0 fully saturated rings. The Morgan fingerprint density at radius 1 is 0.475 bits per heavy atom. The molecule has 4 aliphatic rings. The van der Waals surface area contributed by atoms with E-state index in [1.54, 1.807) is 0 Å². The van der Waals surface area contributed by atoms with Crippen molar-refractivity contribution in [1.29, 1.82) is 0 Å². The van der Waals surface area contributed by atoms with Gasteiger partial charge < -0.3 is 0 Å². The van der Waals surface area contributed by atoms with E-state index < -0.39 is 5.41 Å². The van der Waals surface area contributed by atoms with Crippen LogP contribution in [0, 0.1) is 13.8 Å². The number of nitrogens with zero attached hydrogens (tertiary/aromatic N) is 3. The average molecular weight is 513 g/mol. The molecule has 1 aliphatic carbocycles. The van der Waals surface area contributed by atoms with E-state index in [-0.39, 0.29) is 0 Å². The molecule has 0 radical (unpaired) electrons. The molecule has 0 bridgehead atoms. The minimum Gasteiger partial charge on any atom is -0.0619 e. The van der Waals surface area contributed by atoms with Crippen LogP contribution in [0.3, 0.4) is 0 Å². The van der Waals surface area contributed by atoms with Crippen molar-refractivity contribution in [1.82, 2.24) is 4.70 Å². The molecular formula is C37H26N3+3. The van der Waals surface area contributed by atoms with Crippen molar-refractivity contribution in [3.63, 3.8) is 0 Å². The normalized spacial score (nSPS) is 18.6. The van der Waals surface area contributed by atoms with Crippen LogP contribution >= 0.6 is 0 Å². The summed E-state index contributed by atoms with van der Waals surface area (Å²) in [5.41, 5.74) is 18.2. The number of quaternary nitrogens is 1. The number of pyridine rings is 2. The van der Waals surface area contributed by atoms with Gasteiger partial charge in [0.2, 0.25) is 12.4 Å². The largest absolute Gasteiger partial charge is 0.286 e. The molecule has 3 aliphatic heterocycles. The van der Waals surface area contributed by atoms with Crippen LogP contribution in [-0.4, -0.2) is 0 Å². The van der Waals surface area contributed by atoms with Crippen molar-refractivity contribution in [3.05, 3.63) is 155 Å². The third-order valence-electron chi connectivity index (χ3n) is 9.78. The van der Waals surface area contributed by atoms with Gasteiger partial charge in [0.1, 0.15) is 11.1 Å². The number of fused-ring (bicyclic) bond motifs is 11. The summed E-state index contributed by atoms with van der Waals surface area (Å²) in [5.74, 6) is 0. The van der Waals surface area contributed by atoms with Crippen molar-refractivity contribution in [2.75, 3.05) is 0 Å². The number of hydrogen-bond donors (Lipinski definition) is 0. The lowest BCUT2D eigenvalue weighted by Crippen LogP contribution is -2.82. The summed E-state index contributed by atoms with van der Waals surface area (Å²) in [7, 11) is 0. The van der Waals surface area contributed by atoms with Gasteiger partial charge in [-0.1, -0.05) is 60.7 Å². The molecule has 0 saturated heterocycles. The Morgan fingerprint density at radius 3 is 1.93 bits per heavy atom. The van der Waals surface area contributed by atoms with Gasteiger partial charge in [0.25, 0.3) is 22.8 Å². The summed E-state index contributed by atoms with van der Waals surface area (Å²) in [6.45, 7) is 4.46. The van der Waals surface area contributed by atoms with Crippen molar-refractivity contribution < 1.29 is 9.35 Å². The number of rotatable bonds is 0. The topological polar surface area (TPSA) is 7.76 Å². The first kappa shape index (κ1) is 21.0. The summed E-state index contributed by atoms with van der Waals surface area (Å²) in [6.07, 6.45) is 4.57. The Labute approximate surface area is 233 Å². The van der Waals surface area contributed by atoms with E-state index in [9.17, 15) is 0 Å². The van der Waals surface area contributed by atoms with Crippen LogP contribution in [0.25, 0.3) is 33.6 Å². The fraction of sp³-hybridized carbons (Fsp3) is 0.0811. The van der Waals surface area contributed by atoms with Crippen LogP contribution in [0.15, 0.2) is 122 Å². The maximum atomic E-state index is 2.50. The van der Waals surface area contributed by atoms with Gasteiger partial charge in [-0.25, -0.2) is 0 Å². The molecule has 0 N–H and O–H groups in total. The Bertz CT molecular complexity index is 2110. The van der Waals surface area contributed by atoms with Gasteiger partial charge in [0.15, 0.2) is 4.70 Å². The van der Waals surface area contributed by atoms with E-state index in [4.69, 9.17) is 0 Å². The second-order valence-corrected chi connectivity index (χ2v) is 11.7. The zero-order valence-electron chi connectivity index (χ0n) is 22.4. The number of aryl methyl sites for hydroxylation is 2. The van der Waals surface area contributed by atoms with Gasteiger partial charge in [-0.3, -0.25) is 0 Å². The van der Waals surface area contributed by atoms with E-state index in [2.05, 4.69) is 145 Å². The fourth-order valence-corrected chi connectivity index (χ4v) is 8.54. The van der Waals surface area contributed by atoms with Gasteiger partial charge in [-0.05, 0) is 71.5 Å².